The molecule has 2 nitrogen and oxygen atoms in total. The van der Waals surface area contributed by atoms with E-state index in [4.69, 9.17) is 0 Å². The first-order valence-corrected chi connectivity index (χ1v) is 4.50. The zero-order valence-electron chi connectivity index (χ0n) is 9.60. The molecule has 0 unspecified atom stereocenters. The van der Waals surface area contributed by atoms with Crippen molar-refractivity contribution in [3.8, 4) is 0 Å². The fourth-order valence-electron chi connectivity index (χ4n) is 0.712. The third-order valence-corrected chi connectivity index (χ3v) is 1.77. The van der Waals surface area contributed by atoms with Crippen molar-refractivity contribution in [1.29, 1.82) is 0 Å². The maximum absolute atomic E-state index is 4.39. The lowest BCUT2D eigenvalue weighted by molar-refractivity contribution is 0.589. The van der Waals surface area contributed by atoms with Crippen molar-refractivity contribution in [2.45, 2.75) is 41.5 Å². The van der Waals surface area contributed by atoms with E-state index in [2.05, 4.69) is 37.3 Å². The maximum atomic E-state index is 4.39. The van der Waals surface area contributed by atoms with Gasteiger partial charge in [-0.3, -0.25) is 0 Å². The highest BCUT2D eigenvalue weighted by atomic mass is 14.9. The summed E-state index contributed by atoms with van der Waals surface area (Å²) in [6.45, 7) is 15.9. The quantitative estimate of drug-likeness (QED) is 0.436. The van der Waals surface area contributed by atoms with E-state index in [1.54, 1.807) is 0 Å². The first-order chi connectivity index (χ1) is 5.73. The summed E-state index contributed by atoms with van der Waals surface area (Å²) < 4.78 is 0. The molecule has 0 spiro atoms. The minimum absolute atomic E-state index is 0.117. The Kier molecular flexibility index (Phi) is 4.05. The van der Waals surface area contributed by atoms with Gasteiger partial charge in [-0.2, -0.15) is 0 Å². The van der Waals surface area contributed by atoms with Gasteiger partial charge in [0.05, 0.1) is 0 Å². The monoisotopic (exact) mass is 180 g/mol. The highest BCUT2D eigenvalue weighted by molar-refractivity contribution is 5.98. The SMILES string of the molecule is C=C(C)N=C(C)N=C(C)C(C)(C)C. The van der Waals surface area contributed by atoms with Crippen LogP contribution >= 0.6 is 0 Å². The number of rotatable bonds is 1. The third-order valence-electron chi connectivity index (χ3n) is 1.77. The second-order valence-electron chi connectivity index (χ2n) is 4.34. The van der Waals surface area contributed by atoms with Crippen LogP contribution in [0.25, 0.3) is 0 Å². The molecule has 13 heavy (non-hydrogen) atoms. The molecule has 0 amide bonds. The number of hydrogen-bond donors (Lipinski definition) is 0. The highest BCUT2D eigenvalue weighted by Crippen LogP contribution is 2.15. The smallest absolute Gasteiger partial charge is 0.125 e. The van der Waals surface area contributed by atoms with Gasteiger partial charge in [-0.15, -0.1) is 0 Å². The molecule has 0 heterocycles. The Balaban J connectivity index is 4.67. The van der Waals surface area contributed by atoms with E-state index in [1.165, 1.54) is 0 Å². The first-order valence-electron chi connectivity index (χ1n) is 4.50. The molecular weight excluding hydrogens is 160 g/mol. The minimum Gasteiger partial charge on any atom is -0.242 e. The molecule has 2 heteroatoms. The molecule has 0 aromatic heterocycles. The molecule has 0 aromatic rings. The maximum Gasteiger partial charge on any atom is 0.125 e. The van der Waals surface area contributed by atoms with E-state index in [0.717, 1.165) is 17.2 Å². The summed E-state index contributed by atoms with van der Waals surface area (Å²) in [4.78, 5) is 8.56. The van der Waals surface area contributed by atoms with Crippen molar-refractivity contribution >= 4 is 11.5 Å². The second kappa shape index (κ2) is 4.35. The Morgan fingerprint density at radius 2 is 1.46 bits per heavy atom. The molecule has 0 aliphatic carbocycles. The van der Waals surface area contributed by atoms with Gasteiger partial charge in [0.25, 0.3) is 0 Å². The van der Waals surface area contributed by atoms with Crippen LogP contribution in [0, 0.1) is 5.41 Å². The van der Waals surface area contributed by atoms with Crippen molar-refractivity contribution in [3.63, 3.8) is 0 Å². The van der Waals surface area contributed by atoms with E-state index < -0.39 is 0 Å². The third kappa shape index (κ3) is 5.34. The Bertz CT molecular complexity index is 252. The van der Waals surface area contributed by atoms with Crippen molar-refractivity contribution in [2.75, 3.05) is 0 Å². The summed E-state index contributed by atoms with van der Waals surface area (Å²) in [6.07, 6.45) is 0. The van der Waals surface area contributed by atoms with Crippen LogP contribution in [0.3, 0.4) is 0 Å². The molecule has 0 bridgehead atoms. The van der Waals surface area contributed by atoms with Crippen LogP contribution in [-0.4, -0.2) is 11.5 Å². The zero-order chi connectivity index (χ0) is 10.6. The van der Waals surface area contributed by atoms with E-state index >= 15 is 0 Å². The molecule has 0 atom stereocenters. The molecule has 0 aliphatic rings. The zero-order valence-corrected chi connectivity index (χ0v) is 9.60. The summed E-state index contributed by atoms with van der Waals surface area (Å²) >= 11 is 0. The van der Waals surface area contributed by atoms with Crippen LogP contribution in [0.2, 0.25) is 0 Å². The van der Waals surface area contributed by atoms with Gasteiger partial charge < -0.3 is 0 Å². The fourth-order valence-corrected chi connectivity index (χ4v) is 0.712. The van der Waals surface area contributed by atoms with Crippen LogP contribution < -0.4 is 0 Å². The molecule has 0 aliphatic heterocycles. The van der Waals surface area contributed by atoms with Gasteiger partial charge >= 0.3 is 0 Å². The van der Waals surface area contributed by atoms with E-state index in [1.807, 2.05) is 20.8 Å². The van der Waals surface area contributed by atoms with Gasteiger partial charge in [-0.25, -0.2) is 9.98 Å². The first kappa shape index (κ1) is 12.1. The van der Waals surface area contributed by atoms with E-state index in [0.29, 0.717) is 0 Å². The molecule has 0 saturated carbocycles. The number of amidine groups is 1. The lowest BCUT2D eigenvalue weighted by atomic mass is 9.91. The van der Waals surface area contributed by atoms with Crippen LogP contribution in [0.1, 0.15) is 41.5 Å². The van der Waals surface area contributed by atoms with Crippen LogP contribution in [0.5, 0.6) is 0 Å². The molecule has 0 fully saturated rings. The van der Waals surface area contributed by atoms with Crippen molar-refractivity contribution in [1.82, 2.24) is 0 Å². The largest absolute Gasteiger partial charge is 0.242 e. The Hall–Kier alpha value is -0.920. The lowest BCUT2D eigenvalue weighted by Crippen LogP contribution is -2.17. The van der Waals surface area contributed by atoms with Crippen molar-refractivity contribution < 1.29 is 0 Å². The Morgan fingerprint density at radius 1 is 1.00 bits per heavy atom. The predicted octanol–water partition coefficient (Wildman–Crippen LogP) is 3.45. The Labute approximate surface area is 81.5 Å². The average molecular weight is 180 g/mol. The number of hydrogen-bond acceptors (Lipinski definition) is 1. The highest BCUT2D eigenvalue weighted by Gasteiger charge is 2.13. The minimum atomic E-state index is 0.117. The van der Waals surface area contributed by atoms with Crippen molar-refractivity contribution in [3.05, 3.63) is 12.3 Å². The normalized spacial score (nSPS) is 14.6. The second-order valence-corrected chi connectivity index (χ2v) is 4.34. The van der Waals surface area contributed by atoms with Gasteiger partial charge in [0.1, 0.15) is 5.84 Å². The van der Waals surface area contributed by atoms with Crippen LogP contribution in [-0.2, 0) is 0 Å². The van der Waals surface area contributed by atoms with Gasteiger partial charge in [0.2, 0.25) is 0 Å². The summed E-state index contributed by atoms with van der Waals surface area (Å²) in [5.41, 5.74) is 2.00. The Morgan fingerprint density at radius 3 is 1.77 bits per heavy atom. The molecule has 0 N–H and O–H groups in total. The molecule has 0 saturated heterocycles. The standard InChI is InChI=1S/C11H20N2/c1-8(2)12-10(4)13-9(3)11(5,6)7/h1H2,2-7H3. The van der Waals surface area contributed by atoms with Crippen LogP contribution in [0.4, 0.5) is 0 Å². The number of aliphatic imine (C=N–C) groups is 2. The van der Waals surface area contributed by atoms with Gasteiger partial charge in [-0.05, 0) is 20.8 Å². The van der Waals surface area contributed by atoms with E-state index in [-0.39, 0.29) is 5.41 Å². The van der Waals surface area contributed by atoms with Gasteiger partial charge in [0, 0.05) is 16.8 Å². The molecular formula is C11H20N2. The predicted molar refractivity (Wildman–Crippen MR) is 60.5 cm³/mol. The van der Waals surface area contributed by atoms with E-state index in [9.17, 15) is 0 Å². The molecule has 74 valence electrons. The molecule has 0 radical (unpaired) electrons. The van der Waals surface area contributed by atoms with Crippen molar-refractivity contribution in [2.24, 2.45) is 15.4 Å². The lowest BCUT2D eigenvalue weighted by Gasteiger charge is -2.17. The van der Waals surface area contributed by atoms with Gasteiger partial charge in [-0.1, -0.05) is 27.4 Å². The summed E-state index contributed by atoms with van der Waals surface area (Å²) in [5.74, 6) is 0.778. The summed E-state index contributed by atoms with van der Waals surface area (Å²) in [7, 11) is 0. The molecule has 0 rings (SSSR count). The van der Waals surface area contributed by atoms with Crippen LogP contribution in [0.15, 0.2) is 22.3 Å². The average Bonchev–Trinajstić information content (AvgIpc) is 1.82. The molecule has 0 aromatic carbocycles. The number of nitrogens with zero attached hydrogens (tertiary/aromatic N) is 2. The summed E-state index contributed by atoms with van der Waals surface area (Å²) in [6, 6.07) is 0. The topological polar surface area (TPSA) is 24.7 Å². The number of allylic oxidation sites excluding steroid dienone is 1. The van der Waals surface area contributed by atoms with Gasteiger partial charge in [0.15, 0.2) is 0 Å². The fraction of sp³-hybridized carbons (Fsp3) is 0.636. The summed E-state index contributed by atoms with van der Waals surface area (Å²) in [5, 5.41) is 0.